The van der Waals surface area contributed by atoms with Crippen LogP contribution in [0.4, 0.5) is 0 Å². The third-order valence-electron chi connectivity index (χ3n) is 3.45. The Kier molecular flexibility index (Phi) is 26.3. The van der Waals surface area contributed by atoms with Gasteiger partial charge in [0.25, 0.3) is 0 Å². The summed E-state index contributed by atoms with van der Waals surface area (Å²) in [5.41, 5.74) is -0.900. The van der Waals surface area contributed by atoms with Crippen LogP contribution in [0, 0.1) is 35.0 Å². The molecule has 0 saturated carbocycles. The molecule has 3 nitrogen and oxygen atoms in total. The zero-order chi connectivity index (χ0) is 17.1. The van der Waals surface area contributed by atoms with Crippen LogP contribution >= 0.6 is 0 Å². The van der Waals surface area contributed by atoms with Gasteiger partial charge < -0.3 is 12.4 Å². The van der Waals surface area contributed by atoms with Gasteiger partial charge in [0, 0.05) is 18.8 Å². The average molecular weight is 349 g/mol. The molecule has 132 valence electrons. The number of rotatable bonds is 5. The molecule has 1 atom stereocenters. The predicted octanol–water partition coefficient (Wildman–Crippen LogP) is -2.15. The Bertz CT molecular complexity index is 490. The molecular weight excluding hydrogens is 319 g/mol. The van der Waals surface area contributed by atoms with Gasteiger partial charge in [-0.15, -0.1) is 23.7 Å². The first kappa shape index (κ1) is 34.4. The van der Waals surface area contributed by atoms with Gasteiger partial charge in [-0.1, -0.05) is 14.4 Å². The van der Waals surface area contributed by atoms with E-state index in [-0.39, 0.29) is 62.0 Å². The van der Waals surface area contributed by atoms with Crippen molar-refractivity contribution in [1.82, 2.24) is 0 Å². The number of hydrogen-bond donors (Lipinski definition) is 0. The minimum absolute atomic E-state index is 0. The molecule has 0 radical (unpaired) electrons. The maximum absolute atomic E-state index is 11.1. The molecule has 0 N–H and O–H groups in total. The van der Waals surface area contributed by atoms with E-state index in [1.54, 1.807) is 27.7 Å². The van der Waals surface area contributed by atoms with Crippen LogP contribution in [0.25, 0.3) is 0 Å². The molecule has 0 aromatic carbocycles. The second-order valence-corrected chi connectivity index (χ2v) is 5.19. The van der Waals surface area contributed by atoms with Crippen molar-refractivity contribution in [2.45, 2.75) is 68.7 Å². The van der Waals surface area contributed by atoms with Gasteiger partial charge in [-0.25, -0.2) is 0 Å². The van der Waals surface area contributed by atoms with Crippen LogP contribution in [0.5, 0.6) is 0 Å². The van der Waals surface area contributed by atoms with Gasteiger partial charge in [-0.05, 0) is 41.5 Å². The molecule has 0 saturated heterocycles. The number of carbonyl (C=O) groups is 3. The van der Waals surface area contributed by atoms with Crippen molar-refractivity contribution in [2.24, 2.45) is 11.3 Å². The van der Waals surface area contributed by atoms with E-state index in [0.29, 0.717) is 12.8 Å². The largest absolute Gasteiger partial charge is 1.00 e. The van der Waals surface area contributed by atoms with Gasteiger partial charge in [-0.3, -0.25) is 14.4 Å². The van der Waals surface area contributed by atoms with Crippen LogP contribution in [0.1, 0.15) is 68.7 Å². The number of ketones is 3. The minimum atomic E-state index is -0.900. The summed E-state index contributed by atoms with van der Waals surface area (Å²) in [6, 6.07) is 0. The Morgan fingerprint density at radius 1 is 0.958 bits per heavy atom. The molecule has 0 spiro atoms. The monoisotopic (exact) mass is 348 g/mol. The number of carbonyl (C=O) groups excluding carboxylic acids is 3. The van der Waals surface area contributed by atoms with Gasteiger partial charge in [0.15, 0.2) is 0 Å². The third kappa shape index (κ3) is 14.6. The van der Waals surface area contributed by atoms with Crippen molar-refractivity contribution in [2.75, 3.05) is 0 Å². The van der Waals surface area contributed by atoms with Crippen molar-refractivity contribution in [3.63, 3.8) is 0 Å². The Morgan fingerprint density at radius 2 is 1.33 bits per heavy atom. The van der Waals surface area contributed by atoms with Gasteiger partial charge in [-0.2, -0.15) is 0 Å². The summed E-state index contributed by atoms with van der Waals surface area (Å²) in [5, 5.41) is 0. The molecule has 0 aliphatic heterocycles. The van der Waals surface area contributed by atoms with Gasteiger partial charge in [0.05, 0.1) is 5.41 Å². The fourth-order valence-electron chi connectivity index (χ4n) is 1.16. The van der Waals surface area contributed by atoms with Crippen LogP contribution in [-0.2, 0) is 14.4 Å². The summed E-state index contributed by atoms with van der Waals surface area (Å²) in [7, 11) is 0. The minimum Gasteiger partial charge on any atom is -1.00 e. The summed E-state index contributed by atoms with van der Waals surface area (Å²) in [6.45, 7) is 11.5. The molecule has 0 aliphatic carbocycles. The molecule has 1 unspecified atom stereocenters. The van der Waals surface area contributed by atoms with Crippen LogP contribution in [-0.4, -0.2) is 17.3 Å². The molecule has 0 amide bonds. The summed E-state index contributed by atoms with van der Waals surface area (Å²) < 4.78 is 0. The van der Waals surface area contributed by atoms with Gasteiger partial charge >= 0.3 is 18.9 Å². The van der Waals surface area contributed by atoms with Crippen LogP contribution in [0.2, 0.25) is 0 Å². The first-order valence-electron chi connectivity index (χ1n) is 6.95. The smallest absolute Gasteiger partial charge is 1.00 e. The van der Waals surface area contributed by atoms with Crippen molar-refractivity contribution in [3.8, 4) is 23.7 Å². The number of hydrogen-bond acceptors (Lipinski definition) is 3. The molecular formula is C19H30ClLiO3. The van der Waals surface area contributed by atoms with Crippen molar-refractivity contribution in [1.29, 1.82) is 0 Å². The molecule has 5 heteroatoms. The topological polar surface area (TPSA) is 51.2 Å². The molecule has 0 heterocycles. The molecule has 0 aromatic rings. The van der Waals surface area contributed by atoms with E-state index in [2.05, 4.69) is 23.7 Å². The third-order valence-corrected chi connectivity index (χ3v) is 3.45. The summed E-state index contributed by atoms with van der Waals surface area (Å²) in [4.78, 5) is 32.8. The second kappa shape index (κ2) is 18.4. The van der Waals surface area contributed by atoms with Crippen molar-refractivity contribution in [3.05, 3.63) is 0 Å². The number of Topliss-reactive ketones (excluding diaryl/α,β-unsaturated/α-hetero) is 3. The molecule has 0 aliphatic rings. The van der Waals surface area contributed by atoms with Gasteiger partial charge in [0.2, 0.25) is 0 Å². The summed E-state index contributed by atoms with van der Waals surface area (Å²) in [6.07, 6.45) is 1.03. The van der Waals surface area contributed by atoms with E-state index < -0.39 is 5.41 Å². The fraction of sp³-hybridized carbons (Fsp3) is 0.632. The van der Waals surface area contributed by atoms with E-state index in [9.17, 15) is 14.4 Å². The summed E-state index contributed by atoms with van der Waals surface area (Å²) >= 11 is 0. The maximum Gasteiger partial charge on any atom is 1.00 e. The van der Waals surface area contributed by atoms with Gasteiger partial charge in [0.1, 0.15) is 17.3 Å². The molecule has 0 rings (SSSR count). The first-order valence-corrected chi connectivity index (χ1v) is 6.95. The Hall–Kier alpha value is -0.983. The zero-order valence-corrected chi connectivity index (χ0v) is 16.4. The standard InChI is InChI=1S/C10H14O2.C8H12O.CH4.ClH.Li/c1-5-6-7-10(4,8(2)11)9(3)12;1-4-5-6-7(2)8(3)9;;;/h7H2,1-4H3;7H,6H2,1-3H3;1H4;1H;/q;;;;+1/p-1. The van der Waals surface area contributed by atoms with E-state index >= 15 is 0 Å². The van der Waals surface area contributed by atoms with E-state index in [0.717, 1.165) is 0 Å². The van der Waals surface area contributed by atoms with Crippen LogP contribution in [0.3, 0.4) is 0 Å². The Labute approximate surface area is 166 Å². The Morgan fingerprint density at radius 3 is 1.58 bits per heavy atom. The SMILES string of the molecule is C.CC#CCC(C)(C(C)=O)C(C)=O.CC#CCC(C)C(C)=O.[Cl-].[Li+]. The van der Waals surface area contributed by atoms with Crippen molar-refractivity contribution < 1.29 is 45.7 Å². The van der Waals surface area contributed by atoms with E-state index in [4.69, 9.17) is 0 Å². The first-order chi connectivity index (χ1) is 9.63. The molecule has 24 heavy (non-hydrogen) atoms. The zero-order valence-electron chi connectivity index (χ0n) is 15.6. The van der Waals surface area contributed by atoms with E-state index in [1.165, 1.54) is 13.8 Å². The molecule has 0 fully saturated rings. The van der Waals surface area contributed by atoms with E-state index in [1.807, 2.05) is 6.92 Å². The average Bonchev–Trinajstić information content (AvgIpc) is 2.41. The second-order valence-electron chi connectivity index (χ2n) is 5.19. The Balaban J connectivity index is -0.0000000918. The van der Waals surface area contributed by atoms with Crippen LogP contribution in [0.15, 0.2) is 0 Å². The number of halogens is 1. The van der Waals surface area contributed by atoms with Crippen molar-refractivity contribution >= 4 is 17.3 Å². The normalized spacial score (nSPS) is 9.29. The quantitative estimate of drug-likeness (QED) is 0.323. The van der Waals surface area contributed by atoms with Crippen LogP contribution < -0.4 is 31.3 Å². The fourth-order valence-corrected chi connectivity index (χ4v) is 1.16. The predicted molar refractivity (Wildman–Crippen MR) is 92.2 cm³/mol. The summed E-state index contributed by atoms with van der Waals surface area (Å²) in [5.74, 6) is 11.2. The molecule has 0 bridgehead atoms. The molecule has 0 aromatic heterocycles. The maximum atomic E-state index is 11.1.